The molecular weight excluding hydrogens is 754 g/mol. The van der Waals surface area contributed by atoms with Crippen molar-refractivity contribution >= 4 is 17.7 Å². The molecule has 0 radical (unpaired) electrons. The van der Waals surface area contributed by atoms with Gasteiger partial charge in [-0.15, -0.1) is 0 Å². The fourth-order valence-electron chi connectivity index (χ4n) is 13.6. The van der Waals surface area contributed by atoms with Crippen molar-refractivity contribution in [2.45, 2.75) is 187 Å². The summed E-state index contributed by atoms with van der Waals surface area (Å²) >= 11 is 0. The number of ketones is 1. The van der Waals surface area contributed by atoms with Gasteiger partial charge in [-0.25, -0.2) is 4.79 Å². The molecule has 15 heteroatoms. The van der Waals surface area contributed by atoms with Gasteiger partial charge in [-0.2, -0.15) is 0 Å². The highest BCUT2D eigenvalue weighted by Gasteiger charge is 2.71. The number of carboxylic acids is 1. The van der Waals surface area contributed by atoms with Crippen molar-refractivity contribution in [3.05, 3.63) is 11.6 Å². The summed E-state index contributed by atoms with van der Waals surface area (Å²) in [6.45, 7) is 16.8. The number of ether oxygens (including phenoxy) is 4. The van der Waals surface area contributed by atoms with Crippen LogP contribution in [-0.2, 0) is 33.3 Å². The lowest BCUT2D eigenvalue weighted by molar-refractivity contribution is -0.378. The average Bonchev–Trinajstić information content (AvgIpc) is 3.13. The van der Waals surface area contributed by atoms with Crippen molar-refractivity contribution in [1.82, 2.24) is 0 Å². The van der Waals surface area contributed by atoms with Crippen molar-refractivity contribution in [3.8, 4) is 0 Å². The van der Waals surface area contributed by atoms with Gasteiger partial charge in [-0.1, -0.05) is 54.0 Å². The first kappa shape index (κ1) is 44.0. The van der Waals surface area contributed by atoms with Gasteiger partial charge < -0.3 is 60.4 Å². The third-order valence-corrected chi connectivity index (χ3v) is 17.6. The summed E-state index contributed by atoms with van der Waals surface area (Å²) in [5.41, 5.74) is 4.89. The third kappa shape index (κ3) is 6.38. The van der Waals surface area contributed by atoms with E-state index in [1.54, 1.807) is 0 Å². The number of primary amides is 1. The monoisotopic (exact) mass is 821 g/mol. The topological polar surface area (TPSA) is 256 Å². The molecule has 20 atom stereocenters. The Morgan fingerprint density at radius 3 is 2.09 bits per heavy atom. The lowest BCUT2D eigenvalue weighted by Crippen LogP contribution is -2.68. The van der Waals surface area contributed by atoms with E-state index < -0.39 is 95.8 Å². The van der Waals surface area contributed by atoms with E-state index in [4.69, 9.17) is 24.7 Å². The molecule has 0 bridgehead atoms. The second-order valence-electron chi connectivity index (χ2n) is 21.1. The fourth-order valence-corrected chi connectivity index (χ4v) is 13.6. The molecule has 7 aliphatic rings. The highest BCUT2D eigenvalue weighted by Crippen LogP contribution is 2.75. The Morgan fingerprint density at radius 1 is 0.810 bits per heavy atom. The van der Waals surface area contributed by atoms with Crippen LogP contribution in [0.2, 0.25) is 0 Å². The number of hydrogen-bond acceptors (Lipinski definition) is 13. The number of aliphatic hydroxyl groups excluding tert-OH is 6. The van der Waals surface area contributed by atoms with Crippen molar-refractivity contribution in [2.24, 2.45) is 56.0 Å². The number of allylic oxidation sites excluding steroid dienone is 2. The first-order valence-corrected chi connectivity index (χ1v) is 21.3. The Labute approximate surface area is 340 Å². The molecule has 2 saturated heterocycles. The maximum absolute atomic E-state index is 14.9. The number of aliphatic carboxylic acids is 1. The largest absolute Gasteiger partial charge is 0.479 e. The molecule has 2 heterocycles. The minimum atomic E-state index is -1.98. The van der Waals surface area contributed by atoms with E-state index >= 15 is 0 Å². The van der Waals surface area contributed by atoms with Gasteiger partial charge in [0.05, 0.1) is 12.2 Å². The summed E-state index contributed by atoms with van der Waals surface area (Å²) < 4.78 is 24.1. The molecule has 0 spiro atoms. The van der Waals surface area contributed by atoms with Crippen LogP contribution in [0.4, 0.5) is 0 Å². The predicted octanol–water partition coefficient (Wildman–Crippen LogP) is 1.94. The molecule has 4 saturated carbocycles. The highest BCUT2D eigenvalue weighted by atomic mass is 16.8. The maximum atomic E-state index is 14.9. The molecule has 7 rings (SSSR count). The molecule has 9 N–H and O–H groups in total. The van der Waals surface area contributed by atoms with Crippen LogP contribution in [0.1, 0.15) is 113 Å². The van der Waals surface area contributed by atoms with Crippen molar-refractivity contribution in [3.63, 3.8) is 0 Å². The molecule has 15 nitrogen and oxygen atoms in total. The molecule has 58 heavy (non-hydrogen) atoms. The Balaban J connectivity index is 1.17. The summed E-state index contributed by atoms with van der Waals surface area (Å²) in [6, 6.07) is 0. The van der Waals surface area contributed by atoms with Gasteiger partial charge in [0.15, 0.2) is 24.5 Å². The summed E-state index contributed by atoms with van der Waals surface area (Å²) in [5, 5.41) is 74.0. The summed E-state index contributed by atoms with van der Waals surface area (Å²) in [5.74, 6) is -1.98. The number of carbonyl (C=O) groups excluding carboxylic acids is 2. The van der Waals surface area contributed by atoms with Gasteiger partial charge in [0.25, 0.3) is 0 Å². The van der Waals surface area contributed by atoms with Gasteiger partial charge in [-0.3, -0.25) is 9.59 Å². The standard InChI is InChI=1S/C43H67NO14/c1-19(45)30-27(49)28(50)32(58-35-29(51)25(47)26(48)31(57-35)34(52)53)36(56-30)55-24-10-11-41(6)23(38(24,2)3)9-12-43(8)33(41)22(46)17-20-21-18-40(5,37(44)54)14-13-39(21,4)15-16-42(20,43)7/h17,19,21,23-33,35-36,45,47-51H,9-16,18H2,1-8H3,(H2,44,54)(H,52,53). The van der Waals surface area contributed by atoms with Crippen LogP contribution in [0.3, 0.4) is 0 Å². The first-order chi connectivity index (χ1) is 26.8. The van der Waals surface area contributed by atoms with Gasteiger partial charge in [0.2, 0.25) is 5.91 Å². The number of rotatable bonds is 7. The molecule has 5 aliphatic carbocycles. The number of fused-ring (bicyclic) bond motifs is 7. The normalized spacial score (nSPS) is 53.2. The third-order valence-electron chi connectivity index (χ3n) is 17.6. The molecule has 6 fully saturated rings. The van der Waals surface area contributed by atoms with Gasteiger partial charge in [-0.05, 0) is 110 Å². The summed E-state index contributed by atoms with van der Waals surface area (Å²) in [4.78, 5) is 39.5. The number of hydrogen-bond donors (Lipinski definition) is 8. The quantitative estimate of drug-likeness (QED) is 0.171. The summed E-state index contributed by atoms with van der Waals surface area (Å²) in [6.07, 6.45) is -10.5. The zero-order valence-corrected chi connectivity index (χ0v) is 35.2. The zero-order valence-electron chi connectivity index (χ0n) is 35.2. The van der Waals surface area contributed by atoms with Crippen LogP contribution >= 0.6 is 0 Å². The van der Waals surface area contributed by atoms with E-state index in [0.717, 1.165) is 38.5 Å². The lowest BCUT2D eigenvalue weighted by atomic mass is 9.33. The SMILES string of the molecule is CC(O)C1OC(OC2CCC3(C)C(CCC4(C)C3C(=O)C=C3C5CC(C)(C(N)=O)CCC5(C)CCC34C)C2(C)C)C(OC2OC(C(=O)O)C(O)C(O)C2O)C(O)C1O. The minimum absolute atomic E-state index is 0.0106. The van der Waals surface area contributed by atoms with E-state index in [0.29, 0.717) is 19.3 Å². The second kappa shape index (κ2) is 14.5. The molecule has 0 aromatic heterocycles. The number of carboxylic acid groups (broad SMARTS) is 1. The Morgan fingerprint density at radius 2 is 1.47 bits per heavy atom. The summed E-state index contributed by atoms with van der Waals surface area (Å²) in [7, 11) is 0. The molecule has 0 aromatic rings. The van der Waals surface area contributed by atoms with Gasteiger partial charge >= 0.3 is 5.97 Å². The van der Waals surface area contributed by atoms with Crippen LogP contribution in [0, 0.1) is 50.2 Å². The van der Waals surface area contributed by atoms with Gasteiger partial charge in [0.1, 0.15) is 42.7 Å². The first-order valence-electron chi connectivity index (χ1n) is 21.3. The van der Waals surface area contributed by atoms with Crippen molar-refractivity contribution in [1.29, 1.82) is 0 Å². The van der Waals surface area contributed by atoms with Crippen molar-refractivity contribution in [2.75, 3.05) is 0 Å². The molecule has 2 aliphatic heterocycles. The molecule has 20 unspecified atom stereocenters. The van der Waals surface area contributed by atoms with Crippen LogP contribution < -0.4 is 5.73 Å². The number of amides is 1. The Kier molecular flexibility index (Phi) is 11.0. The van der Waals surface area contributed by atoms with Crippen molar-refractivity contribution < 1.29 is 69.1 Å². The number of carbonyl (C=O) groups is 3. The lowest BCUT2D eigenvalue weighted by Gasteiger charge is -2.70. The molecule has 328 valence electrons. The number of aliphatic hydroxyl groups is 6. The highest BCUT2D eigenvalue weighted by molar-refractivity contribution is 5.95. The Hall–Kier alpha value is -2.05. The average molecular weight is 822 g/mol. The number of nitrogens with two attached hydrogens (primary N) is 1. The molecule has 0 aromatic carbocycles. The maximum Gasteiger partial charge on any atom is 0.335 e. The van der Waals surface area contributed by atoms with Crippen LogP contribution in [0.5, 0.6) is 0 Å². The second-order valence-corrected chi connectivity index (χ2v) is 21.1. The van der Waals surface area contributed by atoms with Crippen LogP contribution in [-0.4, -0.2) is 127 Å². The van der Waals surface area contributed by atoms with Gasteiger partial charge in [0, 0.05) is 11.3 Å². The minimum Gasteiger partial charge on any atom is -0.479 e. The van der Waals surface area contributed by atoms with E-state index in [-0.39, 0.29) is 45.7 Å². The Bertz CT molecular complexity index is 1690. The zero-order chi connectivity index (χ0) is 42.9. The van der Waals surface area contributed by atoms with E-state index in [9.17, 15) is 50.1 Å². The molecule has 1 amide bonds. The van der Waals surface area contributed by atoms with E-state index in [1.165, 1.54) is 12.5 Å². The predicted molar refractivity (Wildman–Crippen MR) is 205 cm³/mol. The fraction of sp³-hybridized carbons (Fsp3) is 0.884. The smallest absolute Gasteiger partial charge is 0.335 e. The van der Waals surface area contributed by atoms with E-state index in [1.807, 2.05) is 13.0 Å². The molecular formula is C43H67NO14. The van der Waals surface area contributed by atoms with Crippen LogP contribution in [0.25, 0.3) is 0 Å². The van der Waals surface area contributed by atoms with Crippen LogP contribution in [0.15, 0.2) is 11.6 Å². The van der Waals surface area contributed by atoms with E-state index in [2.05, 4.69) is 41.5 Å².